The summed E-state index contributed by atoms with van der Waals surface area (Å²) < 4.78 is 33.9. The maximum absolute atomic E-state index is 12.5. The standard InChI is InChI=1S/C36H36O18/c1-14-33(54-26(42)7-4-15-2-5-17(37)6-3-15)30(46)32(48)35(50-14)49-13-25-28(44)29(45)31(47)36(53-25)52-24-12-19-20(39)10-18(38)11-23(19)51-34(24)16-8-21(40)27(43)22(41)9-16/h2-12,14,25,28-33,35-37,39-41,43-48H,13H2,1H3/p-1/b7-4+/t14-,25+,28+,29-,30-,31+,32+,33-,35+,36+/m0/s1. The molecule has 0 spiro atoms. The van der Waals surface area contributed by atoms with E-state index >= 15 is 0 Å². The minimum absolute atomic E-state index is 0.0351. The van der Waals surface area contributed by atoms with Gasteiger partial charge in [0.15, 0.2) is 29.3 Å². The first-order valence-corrected chi connectivity index (χ1v) is 16.3. The van der Waals surface area contributed by atoms with Crippen molar-refractivity contribution in [3.05, 3.63) is 76.5 Å². The SMILES string of the molecule is C[C@@H]1O[C@@H](OC[C@H]2O[C@@H](Oc3cc4c(O)cc(=O)cc-4oc3-c3cc(O)c([O-])c(O)c3)[C@H](O)[C@@H](O)[C@@H]2O)[C@H](O)[C@H](O)[C@H]1OC(=O)/C=C/c1ccc(O)cc1. The van der Waals surface area contributed by atoms with Gasteiger partial charge >= 0.3 is 5.97 Å². The Labute approximate surface area is 304 Å². The van der Waals surface area contributed by atoms with E-state index < -0.39 is 102 Å². The summed E-state index contributed by atoms with van der Waals surface area (Å²) in [6.45, 7) is 0.801. The highest BCUT2D eigenvalue weighted by molar-refractivity contribution is 5.87. The lowest BCUT2D eigenvalue weighted by atomic mass is 9.98. The minimum Gasteiger partial charge on any atom is -0.867 e. The second-order valence-electron chi connectivity index (χ2n) is 12.6. The molecule has 18 heteroatoms. The fraction of sp³-hybridized carbons (Fsp3) is 0.333. The summed E-state index contributed by atoms with van der Waals surface area (Å²) in [7, 11) is 0. The number of fused-ring (bicyclic) bond motifs is 1. The average Bonchev–Trinajstić information content (AvgIpc) is 3.13. The number of aliphatic hydroxyl groups is 5. The summed E-state index contributed by atoms with van der Waals surface area (Å²) in [5.74, 6) is -5.10. The van der Waals surface area contributed by atoms with Crippen molar-refractivity contribution in [2.24, 2.45) is 0 Å². The second kappa shape index (κ2) is 15.5. The van der Waals surface area contributed by atoms with Crippen molar-refractivity contribution in [1.82, 2.24) is 0 Å². The highest BCUT2D eigenvalue weighted by Gasteiger charge is 2.48. The average molecular weight is 756 g/mol. The molecule has 2 aromatic rings. The number of esters is 1. The van der Waals surface area contributed by atoms with Crippen molar-refractivity contribution >= 4 is 12.0 Å². The van der Waals surface area contributed by atoms with Crippen LogP contribution in [0, 0.1) is 0 Å². The van der Waals surface area contributed by atoms with Crippen LogP contribution in [0.3, 0.4) is 0 Å². The van der Waals surface area contributed by atoms with Gasteiger partial charge in [-0.05, 0) is 54.6 Å². The molecule has 0 unspecified atom stereocenters. The van der Waals surface area contributed by atoms with Crippen LogP contribution in [0.5, 0.6) is 34.5 Å². The Balaban J connectivity index is 1.17. The molecule has 1 aliphatic carbocycles. The molecule has 3 heterocycles. The van der Waals surface area contributed by atoms with Gasteiger partial charge in [-0.2, -0.15) is 0 Å². The third-order valence-corrected chi connectivity index (χ3v) is 8.79. The molecule has 0 aromatic heterocycles. The number of hydrogen-bond acceptors (Lipinski definition) is 18. The zero-order chi connectivity index (χ0) is 39.0. The lowest BCUT2D eigenvalue weighted by Crippen LogP contribution is -2.62. The Kier molecular flexibility index (Phi) is 11.0. The molecule has 0 bridgehead atoms. The molecular weight excluding hydrogens is 720 g/mol. The van der Waals surface area contributed by atoms with Gasteiger partial charge in [-0.3, -0.25) is 4.79 Å². The third-order valence-electron chi connectivity index (χ3n) is 8.79. The summed E-state index contributed by atoms with van der Waals surface area (Å²) in [6, 6.07) is 10.8. The van der Waals surface area contributed by atoms with Crippen LogP contribution in [-0.2, 0) is 23.7 Å². The Morgan fingerprint density at radius 3 is 2.17 bits per heavy atom. The predicted molar refractivity (Wildman–Crippen MR) is 178 cm³/mol. The van der Waals surface area contributed by atoms with Gasteiger partial charge in [-0.25, -0.2) is 4.79 Å². The van der Waals surface area contributed by atoms with E-state index in [0.29, 0.717) is 5.56 Å². The zero-order valence-electron chi connectivity index (χ0n) is 28.0. The molecule has 0 saturated carbocycles. The summed E-state index contributed by atoms with van der Waals surface area (Å²) in [5, 5.41) is 106. The second-order valence-corrected chi connectivity index (χ2v) is 12.6. The molecule has 10 atom stereocenters. The topological polar surface area (TPSA) is 299 Å². The predicted octanol–water partition coefficient (Wildman–Crippen LogP) is -0.398. The quantitative estimate of drug-likeness (QED) is 0.0776. The Morgan fingerprint density at radius 2 is 1.48 bits per heavy atom. The molecule has 18 nitrogen and oxygen atoms in total. The van der Waals surface area contributed by atoms with Crippen LogP contribution in [-0.4, -0.2) is 120 Å². The van der Waals surface area contributed by atoms with E-state index in [1.165, 1.54) is 25.1 Å². The summed E-state index contributed by atoms with van der Waals surface area (Å²) in [6.07, 6.45) is -13.9. The Morgan fingerprint density at radius 1 is 0.815 bits per heavy atom. The molecule has 2 aromatic carbocycles. The van der Waals surface area contributed by atoms with E-state index in [9.17, 15) is 60.7 Å². The van der Waals surface area contributed by atoms with Crippen LogP contribution >= 0.6 is 0 Å². The fourth-order valence-electron chi connectivity index (χ4n) is 5.89. The Bertz CT molecular complexity index is 2000. The minimum atomic E-state index is -1.94. The van der Waals surface area contributed by atoms with E-state index in [1.807, 2.05) is 0 Å². The summed E-state index contributed by atoms with van der Waals surface area (Å²) >= 11 is 0. The molecule has 2 fully saturated rings. The molecule has 54 heavy (non-hydrogen) atoms. The van der Waals surface area contributed by atoms with Gasteiger partial charge in [0.2, 0.25) is 6.29 Å². The number of phenols is 4. The molecule has 0 amide bonds. The number of phenolic OH excluding ortho intramolecular Hbond substituents is 4. The number of carbonyl (C=O) groups excluding carboxylic acids is 1. The van der Waals surface area contributed by atoms with E-state index in [1.54, 1.807) is 12.1 Å². The summed E-state index contributed by atoms with van der Waals surface area (Å²) in [5.41, 5.74) is -0.289. The fourth-order valence-corrected chi connectivity index (χ4v) is 5.89. The number of benzene rings is 3. The number of ether oxygens (including phenoxy) is 5. The van der Waals surface area contributed by atoms with Crippen LogP contribution in [0.2, 0.25) is 0 Å². The maximum atomic E-state index is 12.5. The van der Waals surface area contributed by atoms with Crippen molar-refractivity contribution in [2.45, 2.75) is 68.3 Å². The number of carbonyl (C=O) groups is 1. The van der Waals surface area contributed by atoms with Gasteiger partial charge in [0.1, 0.15) is 65.4 Å². The lowest BCUT2D eigenvalue weighted by molar-refractivity contribution is -0.319. The third kappa shape index (κ3) is 7.91. The van der Waals surface area contributed by atoms with Crippen LogP contribution in [0.25, 0.3) is 28.7 Å². The molecule has 288 valence electrons. The van der Waals surface area contributed by atoms with E-state index in [-0.39, 0.29) is 34.1 Å². The van der Waals surface area contributed by atoms with E-state index in [0.717, 1.165) is 36.4 Å². The lowest BCUT2D eigenvalue weighted by Gasteiger charge is -2.43. The van der Waals surface area contributed by atoms with Crippen molar-refractivity contribution < 1.29 is 84.0 Å². The number of aliphatic hydroxyl groups excluding tert-OH is 5. The normalized spacial score (nSPS) is 28.6. The van der Waals surface area contributed by atoms with Gasteiger partial charge in [0.25, 0.3) is 0 Å². The smallest absolute Gasteiger partial charge is 0.331 e. The zero-order valence-corrected chi connectivity index (χ0v) is 28.0. The van der Waals surface area contributed by atoms with Crippen LogP contribution in [0.4, 0.5) is 0 Å². The molecule has 6 rings (SSSR count). The van der Waals surface area contributed by atoms with Crippen LogP contribution in [0.15, 0.2) is 69.9 Å². The largest absolute Gasteiger partial charge is 0.867 e. The highest BCUT2D eigenvalue weighted by Crippen LogP contribution is 2.45. The van der Waals surface area contributed by atoms with Gasteiger partial charge in [0.05, 0.1) is 18.3 Å². The van der Waals surface area contributed by atoms with E-state index in [2.05, 4.69) is 0 Å². The highest BCUT2D eigenvalue weighted by atomic mass is 16.7. The van der Waals surface area contributed by atoms with Gasteiger partial charge in [-0.15, -0.1) is 0 Å². The molecule has 0 radical (unpaired) electrons. The van der Waals surface area contributed by atoms with Crippen molar-refractivity contribution in [3.8, 4) is 57.1 Å². The first-order valence-electron chi connectivity index (χ1n) is 16.3. The summed E-state index contributed by atoms with van der Waals surface area (Å²) in [4.78, 5) is 24.5. The molecule has 4 aliphatic rings. The van der Waals surface area contributed by atoms with Crippen molar-refractivity contribution in [1.29, 1.82) is 0 Å². The van der Waals surface area contributed by atoms with Crippen LogP contribution in [0.1, 0.15) is 12.5 Å². The molecule has 9 N–H and O–H groups in total. The molecular formula is C36H35O18-. The number of aromatic hydroxyl groups is 4. The molecule has 3 aliphatic heterocycles. The van der Waals surface area contributed by atoms with Crippen LogP contribution < -0.4 is 15.3 Å². The van der Waals surface area contributed by atoms with Gasteiger partial charge in [-0.1, -0.05) is 12.1 Å². The van der Waals surface area contributed by atoms with Crippen molar-refractivity contribution in [3.63, 3.8) is 0 Å². The van der Waals surface area contributed by atoms with Gasteiger partial charge < -0.3 is 79.2 Å². The van der Waals surface area contributed by atoms with Gasteiger partial charge in [0, 0.05) is 23.8 Å². The number of rotatable bonds is 9. The first-order chi connectivity index (χ1) is 25.6. The van der Waals surface area contributed by atoms with Crippen molar-refractivity contribution in [2.75, 3.05) is 6.61 Å². The van der Waals surface area contributed by atoms with E-state index in [4.69, 9.17) is 28.1 Å². The monoisotopic (exact) mass is 755 g/mol. The Hall–Kier alpha value is -5.44. The number of hydrogen-bond donors (Lipinski definition) is 9. The first kappa shape index (κ1) is 38.3. The maximum Gasteiger partial charge on any atom is 0.331 e. The molecule has 2 saturated heterocycles.